The van der Waals surface area contributed by atoms with E-state index in [1.54, 1.807) is 0 Å². The molecular formula is C14H13NO. The number of pyridine rings is 1. The number of rotatable bonds is 4. The average Bonchev–Trinajstić information content (AvgIpc) is 2.38. The van der Waals surface area contributed by atoms with Crippen LogP contribution in [0, 0.1) is 0 Å². The van der Waals surface area contributed by atoms with Gasteiger partial charge in [0, 0.05) is 18.2 Å². The van der Waals surface area contributed by atoms with E-state index in [1.165, 1.54) is 0 Å². The summed E-state index contributed by atoms with van der Waals surface area (Å²) in [6.45, 7) is 0. The second-order valence-electron chi connectivity index (χ2n) is 3.62. The maximum Gasteiger partial charge on any atom is 0.120 e. The highest BCUT2D eigenvalue weighted by molar-refractivity contribution is 5.58. The van der Waals surface area contributed by atoms with E-state index in [4.69, 9.17) is 0 Å². The maximum absolute atomic E-state index is 10.2. The van der Waals surface area contributed by atoms with Gasteiger partial charge in [0.2, 0.25) is 0 Å². The van der Waals surface area contributed by atoms with Crippen LogP contribution in [0.5, 0.6) is 0 Å². The summed E-state index contributed by atoms with van der Waals surface area (Å²) in [6.07, 6.45) is 4.11. The smallest absolute Gasteiger partial charge is 0.120 e. The Hall–Kier alpha value is -1.96. The van der Waals surface area contributed by atoms with Crippen LogP contribution in [-0.2, 0) is 11.2 Å². The fraction of sp³-hybridized carbons (Fsp3) is 0.143. The van der Waals surface area contributed by atoms with Crippen molar-refractivity contribution in [1.29, 1.82) is 0 Å². The third-order valence-corrected chi connectivity index (χ3v) is 2.45. The van der Waals surface area contributed by atoms with Gasteiger partial charge in [0.05, 0.1) is 5.69 Å². The van der Waals surface area contributed by atoms with E-state index in [1.807, 2.05) is 48.7 Å². The zero-order valence-electron chi connectivity index (χ0n) is 8.97. The van der Waals surface area contributed by atoms with E-state index in [0.717, 1.165) is 29.5 Å². The van der Waals surface area contributed by atoms with E-state index in [0.29, 0.717) is 6.42 Å². The largest absolute Gasteiger partial charge is 0.303 e. The molecule has 0 fully saturated rings. The number of aromatic nitrogens is 1. The van der Waals surface area contributed by atoms with Crippen molar-refractivity contribution in [2.45, 2.75) is 12.8 Å². The summed E-state index contributed by atoms with van der Waals surface area (Å²) in [5, 5.41) is 0. The molecule has 2 heteroatoms. The molecule has 2 nitrogen and oxygen atoms in total. The highest BCUT2D eigenvalue weighted by Crippen LogP contribution is 2.16. The Balaban J connectivity index is 2.16. The second-order valence-corrected chi connectivity index (χ2v) is 3.62. The van der Waals surface area contributed by atoms with Crippen molar-refractivity contribution in [3.8, 4) is 11.3 Å². The Morgan fingerprint density at radius 2 is 1.88 bits per heavy atom. The minimum Gasteiger partial charge on any atom is -0.303 e. The van der Waals surface area contributed by atoms with Crippen molar-refractivity contribution >= 4 is 6.29 Å². The molecule has 1 aromatic heterocycles. The lowest BCUT2D eigenvalue weighted by atomic mass is 10.1. The monoisotopic (exact) mass is 211 g/mol. The number of hydrogen-bond donors (Lipinski definition) is 0. The minimum atomic E-state index is 0.562. The Morgan fingerprint density at radius 3 is 2.50 bits per heavy atom. The van der Waals surface area contributed by atoms with Crippen molar-refractivity contribution in [1.82, 2.24) is 4.98 Å². The summed E-state index contributed by atoms with van der Waals surface area (Å²) in [7, 11) is 0. The number of hydrogen-bond acceptors (Lipinski definition) is 2. The lowest BCUT2D eigenvalue weighted by Crippen LogP contribution is -1.89. The first-order chi connectivity index (χ1) is 7.90. The van der Waals surface area contributed by atoms with Gasteiger partial charge in [-0.2, -0.15) is 0 Å². The zero-order chi connectivity index (χ0) is 11.2. The fourth-order valence-electron chi connectivity index (χ4n) is 1.58. The van der Waals surface area contributed by atoms with E-state index in [2.05, 4.69) is 4.98 Å². The van der Waals surface area contributed by atoms with Crippen LogP contribution in [0.15, 0.2) is 48.7 Å². The highest BCUT2D eigenvalue weighted by Gasteiger charge is 1.98. The first-order valence-electron chi connectivity index (χ1n) is 5.34. The minimum absolute atomic E-state index is 0.562. The van der Waals surface area contributed by atoms with Gasteiger partial charge in [-0.3, -0.25) is 4.98 Å². The first kappa shape index (κ1) is 10.6. The molecule has 80 valence electrons. The molecule has 1 heterocycles. The van der Waals surface area contributed by atoms with Crippen LogP contribution in [0.25, 0.3) is 11.3 Å². The number of aldehydes is 1. The van der Waals surface area contributed by atoms with Crippen LogP contribution < -0.4 is 0 Å². The molecule has 0 radical (unpaired) electrons. The molecule has 2 aromatic rings. The van der Waals surface area contributed by atoms with Crippen LogP contribution in [0.1, 0.15) is 12.0 Å². The van der Waals surface area contributed by atoms with Gasteiger partial charge in [-0.1, -0.05) is 36.4 Å². The van der Waals surface area contributed by atoms with Gasteiger partial charge in [0.15, 0.2) is 0 Å². The molecule has 0 unspecified atom stereocenters. The molecule has 0 N–H and O–H groups in total. The van der Waals surface area contributed by atoms with Crippen molar-refractivity contribution in [2.75, 3.05) is 0 Å². The molecule has 0 spiro atoms. The van der Waals surface area contributed by atoms with Crippen molar-refractivity contribution in [3.05, 3.63) is 54.2 Å². The summed E-state index contributed by atoms with van der Waals surface area (Å²) in [4.78, 5) is 14.6. The standard InChI is InChI=1S/C14H13NO/c16-10-4-5-12-8-9-14(15-11-12)13-6-2-1-3-7-13/h1-3,6-11H,4-5H2. The van der Waals surface area contributed by atoms with E-state index in [9.17, 15) is 4.79 Å². The third kappa shape index (κ3) is 2.54. The number of aryl methyl sites for hydroxylation is 1. The van der Waals surface area contributed by atoms with Crippen molar-refractivity contribution in [3.63, 3.8) is 0 Å². The lowest BCUT2D eigenvalue weighted by molar-refractivity contribution is -0.107. The summed E-state index contributed by atoms with van der Waals surface area (Å²) >= 11 is 0. The van der Waals surface area contributed by atoms with Crippen LogP contribution in [-0.4, -0.2) is 11.3 Å². The molecular weight excluding hydrogens is 198 g/mol. The molecule has 0 saturated carbocycles. The Labute approximate surface area is 95.0 Å². The van der Waals surface area contributed by atoms with Gasteiger partial charge >= 0.3 is 0 Å². The SMILES string of the molecule is O=CCCc1ccc(-c2ccccc2)nc1. The predicted octanol–water partition coefficient (Wildman–Crippen LogP) is 2.88. The van der Waals surface area contributed by atoms with Gasteiger partial charge in [0.25, 0.3) is 0 Å². The molecule has 0 saturated heterocycles. The van der Waals surface area contributed by atoms with Gasteiger partial charge < -0.3 is 4.79 Å². The molecule has 2 rings (SSSR count). The van der Waals surface area contributed by atoms with Crippen LogP contribution in [0.3, 0.4) is 0 Å². The average molecular weight is 211 g/mol. The highest BCUT2D eigenvalue weighted by atomic mass is 16.1. The molecule has 0 aliphatic rings. The number of benzene rings is 1. The lowest BCUT2D eigenvalue weighted by Gasteiger charge is -2.02. The summed E-state index contributed by atoms with van der Waals surface area (Å²) in [6, 6.07) is 14.1. The van der Waals surface area contributed by atoms with Crippen LogP contribution >= 0.6 is 0 Å². The topological polar surface area (TPSA) is 30.0 Å². The quantitative estimate of drug-likeness (QED) is 0.728. The molecule has 0 aliphatic carbocycles. The molecule has 0 bridgehead atoms. The Bertz CT molecular complexity index is 448. The number of carbonyl (C=O) groups is 1. The number of carbonyl (C=O) groups excluding carboxylic acids is 1. The fourth-order valence-corrected chi connectivity index (χ4v) is 1.58. The van der Waals surface area contributed by atoms with Gasteiger partial charge in [-0.05, 0) is 18.1 Å². The van der Waals surface area contributed by atoms with Crippen molar-refractivity contribution in [2.24, 2.45) is 0 Å². The Morgan fingerprint density at radius 1 is 1.06 bits per heavy atom. The molecule has 0 atom stereocenters. The third-order valence-electron chi connectivity index (χ3n) is 2.45. The van der Waals surface area contributed by atoms with Gasteiger partial charge in [-0.15, -0.1) is 0 Å². The predicted molar refractivity (Wildman–Crippen MR) is 64.1 cm³/mol. The Kier molecular flexibility index (Phi) is 3.44. The molecule has 0 aliphatic heterocycles. The van der Waals surface area contributed by atoms with Crippen molar-refractivity contribution < 1.29 is 4.79 Å². The number of nitrogens with zero attached hydrogens (tertiary/aromatic N) is 1. The van der Waals surface area contributed by atoms with E-state index >= 15 is 0 Å². The van der Waals surface area contributed by atoms with E-state index in [-0.39, 0.29) is 0 Å². The van der Waals surface area contributed by atoms with Gasteiger partial charge in [-0.25, -0.2) is 0 Å². The summed E-state index contributed by atoms with van der Waals surface area (Å²) in [5.74, 6) is 0. The van der Waals surface area contributed by atoms with Crippen LogP contribution in [0.4, 0.5) is 0 Å². The maximum atomic E-state index is 10.2. The second kappa shape index (κ2) is 5.21. The van der Waals surface area contributed by atoms with Gasteiger partial charge in [0.1, 0.15) is 6.29 Å². The summed E-state index contributed by atoms with van der Waals surface area (Å²) < 4.78 is 0. The normalized spacial score (nSPS) is 10.0. The molecule has 1 aromatic carbocycles. The zero-order valence-corrected chi connectivity index (χ0v) is 8.97. The molecule has 16 heavy (non-hydrogen) atoms. The molecule has 0 amide bonds. The van der Waals surface area contributed by atoms with E-state index < -0.39 is 0 Å². The van der Waals surface area contributed by atoms with Crippen LogP contribution in [0.2, 0.25) is 0 Å². The summed E-state index contributed by atoms with van der Waals surface area (Å²) in [5.41, 5.74) is 3.19. The first-order valence-corrected chi connectivity index (χ1v) is 5.34.